The van der Waals surface area contributed by atoms with Crippen LogP contribution in [0.15, 0.2) is 23.2 Å². The SMILES string of the molecule is O=C1CN2Cc3c(cccc3OCCCCCCC(=O)N(CCO)C3CCCC3)N=C2N1. The van der Waals surface area contributed by atoms with Gasteiger partial charge in [0.25, 0.3) is 0 Å². The molecular formula is C24H34N4O4. The summed E-state index contributed by atoms with van der Waals surface area (Å²) in [5.74, 6) is 1.61. The number of hydrogen-bond acceptors (Lipinski definition) is 6. The Labute approximate surface area is 189 Å². The molecule has 1 aliphatic carbocycles. The standard InChI is InChI=1S/C24H34N4O4/c29-14-13-28(18-8-4-5-9-18)23(31)12-3-1-2-6-15-32-21-11-7-10-20-19(21)16-27-17-22(30)26-24(27)25-20/h7,10-11,18,29H,1-6,8-9,12-17H2,(H,25,26,30). The van der Waals surface area contributed by atoms with Crippen LogP contribution in [-0.4, -0.2) is 65.0 Å². The van der Waals surface area contributed by atoms with Crippen molar-refractivity contribution >= 4 is 23.5 Å². The van der Waals surface area contributed by atoms with E-state index in [0.717, 1.165) is 55.5 Å². The number of fused-ring (bicyclic) bond motifs is 2. The summed E-state index contributed by atoms with van der Waals surface area (Å²) in [6.07, 6.45) is 8.89. The number of unbranched alkanes of at least 4 members (excludes halogenated alkanes) is 3. The number of nitrogens with one attached hydrogen (secondary N) is 1. The predicted molar refractivity (Wildman–Crippen MR) is 122 cm³/mol. The van der Waals surface area contributed by atoms with E-state index in [1.807, 2.05) is 28.0 Å². The van der Waals surface area contributed by atoms with E-state index in [4.69, 9.17) is 4.74 Å². The van der Waals surface area contributed by atoms with Gasteiger partial charge < -0.3 is 19.6 Å². The second-order valence-corrected chi connectivity index (χ2v) is 8.86. The van der Waals surface area contributed by atoms with Crippen LogP contribution in [0, 0.1) is 0 Å². The predicted octanol–water partition coefficient (Wildman–Crippen LogP) is 2.71. The van der Waals surface area contributed by atoms with E-state index < -0.39 is 0 Å². The van der Waals surface area contributed by atoms with Crippen LogP contribution in [0.25, 0.3) is 0 Å². The normalized spacial score (nSPS) is 17.6. The Kier molecular flexibility index (Phi) is 7.63. The number of amides is 2. The van der Waals surface area contributed by atoms with Gasteiger partial charge in [-0.1, -0.05) is 31.7 Å². The number of nitrogens with zero attached hydrogens (tertiary/aromatic N) is 3. The lowest BCUT2D eigenvalue weighted by molar-refractivity contribution is -0.134. The largest absolute Gasteiger partial charge is 0.493 e. The van der Waals surface area contributed by atoms with Gasteiger partial charge in [-0.15, -0.1) is 0 Å². The first-order chi connectivity index (χ1) is 15.7. The van der Waals surface area contributed by atoms with Crippen molar-refractivity contribution < 1.29 is 19.4 Å². The Bertz CT molecular complexity index is 850. The van der Waals surface area contributed by atoms with Crippen molar-refractivity contribution in [2.24, 2.45) is 4.99 Å². The molecule has 4 rings (SSSR count). The van der Waals surface area contributed by atoms with Crippen molar-refractivity contribution in [1.29, 1.82) is 0 Å². The van der Waals surface area contributed by atoms with Crippen LogP contribution >= 0.6 is 0 Å². The molecule has 1 saturated carbocycles. The van der Waals surface area contributed by atoms with Crippen LogP contribution in [-0.2, 0) is 16.1 Å². The monoisotopic (exact) mass is 442 g/mol. The molecule has 2 aliphatic heterocycles. The van der Waals surface area contributed by atoms with Crippen LogP contribution in [0.4, 0.5) is 5.69 Å². The first-order valence-electron chi connectivity index (χ1n) is 11.9. The van der Waals surface area contributed by atoms with E-state index in [0.29, 0.717) is 44.7 Å². The molecule has 2 amide bonds. The minimum atomic E-state index is -0.0276. The molecule has 174 valence electrons. The van der Waals surface area contributed by atoms with Crippen LogP contribution in [0.5, 0.6) is 5.75 Å². The fraction of sp³-hybridized carbons (Fsp3) is 0.625. The van der Waals surface area contributed by atoms with E-state index in [2.05, 4.69) is 10.3 Å². The lowest BCUT2D eigenvalue weighted by Crippen LogP contribution is -2.40. The zero-order valence-electron chi connectivity index (χ0n) is 18.7. The quantitative estimate of drug-likeness (QED) is 0.514. The summed E-state index contributed by atoms with van der Waals surface area (Å²) >= 11 is 0. The summed E-state index contributed by atoms with van der Waals surface area (Å²) in [7, 11) is 0. The van der Waals surface area contributed by atoms with Gasteiger partial charge in [-0.05, 0) is 37.8 Å². The van der Waals surface area contributed by atoms with Gasteiger partial charge in [0.05, 0.1) is 25.4 Å². The third-order valence-electron chi connectivity index (χ3n) is 6.54. The first-order valence-corrected chi connectivity index (χ1v) is 11.9. The highest BCUT2D eigenvalue weighted by atomic mass is 16.5. The molecule has 0 spiro atoms. The molecule has 3 aliphatic rings. The number of rotatable bonds is 11. The van der Waals surface area contributed by atoms with Gasteiger partial charge in [-0.3, -0.25) is 14.9 Å². The van der Waals surface area contributed by atoms with Gasteiger partial charge in [0, 0.05) is 24.6 Å². The van der Waals surface area contributed by atoms with Crippen molar-refractivity contribution in [2.75, 3.05) is 26.3 Å². The zero-order valence-corrected chi connectivity index (χ0v) is 18.7. The summed E-state index contributed by atoms with van der Waals surface area (Å²) in [5, 5.41) is 12.1. The van der Waals surface area contributed by atoms with Gasteiger partial charge in [0.15, 0.2) is 0 Å². The maximum atomic E-state index is 12.6. The average molecular weight is 443 g/mol. The van der Waals surface area contributed by atoms with Gasteiger partial charge in [0.1, 0.15) is 12.3 Å². The number of guanidine groups is 1. The lowest BCUT2D eigenvalue weighted by Gasteiger charge is -2.28. The number of carbonyl (C=O) groups is 2. The molecule has 2 N–H and O–H groups in total. The van der Waals surface area contributed by atoms with Crippen molar-refractivity contribution in [3.63, 3.8) is 0 Å². The highest BCUT2D eigenvalue weighted by molar-refractivity contribution is 6.05. The molecule has 1 aromatic carbocycles. The highest BCUT2D eigenvalue weighted by Gasteiger charge is 2.30. The zero-order chi connectivity index (χ0) is 22.3. The summed E-state index contributed by atoms with van der Waals surface area (Å²) in [4.78, 5) is 32.6. The van der Waals surface area contributed by atoms with E-state index in [-0.39, 0.29) is 18.4 Å². The Morgan fingerprint density at radius 3 is 2.81 bits per heavy atom. The van der Waals surface area contributed by atoms with Crippen molar-refractivity contribution in [1.82, 2.24) is 15.1 Å². The molecule has 2 heterocycles. The Morgan fingerprint density at radius 1 is 1.19 bits per heavy atom. The molecule has 0 unspecified atom stereocenters. The van der Waals surface area contributed by atoms with Crippen molar-refractivity contribution in [3.05, 3.63) is 23.8 Å². The number of benzene rings is 1. The van der Waals surface area contributed by atoms with E-state index >= 15 is 0 Å². The summed E-state index contributed by atoms with van der Waals surface area (Å²) in [6, 6.07) is 6.16. The fourth-order valence-electron chi connectivity index (χ4n) is 4.87. The van der Waals surface area contributed by atoms with Crippen LogP contribution in [0.1, 0.15) is 63.4 Å². The summed E-state index contributed by atoms with van der Waals surface area (Å²) < 4.78 is 6.04. The molecule has 1 saturated heterocycles. The van der Waals surface area contributed by atoms with Crippen molar-refractivity contribution in [2.45, 2.75) is 70.4 Å². The van der Waals surface area contributed by atoms with Gasteiger partial charge in [0.2, 0.25) is 17.8 Å². The van der Waals surface area contributed by atoms with Gasteiger partial charge in [-0.25, -0.2) is 4.99 Å². The molecular weight excluding hydrogens is 408 g/mol. The number of aliphatic imine (C=N–C) groups is 1. The maximum Gasteiger partial charge on any atom is 0.246 e. The maximum absolute atomic E-state index is 12.6. The fourth-order valence-corrected chi connectivity index (χ4v) is 4.87. The van der Waals surface area contributed by atoms with Crippen LogP contribution in [0.3, 0.4) is 0 Å². The minimum absolute atomic E-state index is 0.0276. The molecule has 8 nitrogen and oxygen atoms in total. The number of carbonyl (C=O) groups excluding carboxylic acids is 2. The summed E-state index contributed by atoms with van der Waals surface area (Å²) in [6.45, 7) is 2.08. The molecule has 8 heteroatoms. The Balaban J connectivity index is 1.16. The molecule has 32 heavy (non-hydrogen) atoms. The molecule has 0 atom stereocenters. The molecule has 0 aromatic heterocycles. The van der Waals surface area contributed by atoms with E-state index in [1.54, 1.807) is 0 Å². The smallest absolute Gasteiger partial charge is 0.246 e. The van der Waals surface area contributed by atoms with E-state index in [9.17, 15) is 14.7 Å². The third-order valence-corrected chi connectivity index (χ3v) is 6.54. The Hall–Kier alpha value is -2.61. The average Bonchev–Trinajstić information content (AvgIpc) is 3.43. The third kappa shape index (κ3) is 5.41. The van der Waals surface area contributed by atoms with Gasteiger partial charge in [-0.2, -0.15) is 0 Å². The van der Waals surface area contributed by atoms with Crippen LogP contribution < -0.4 is 10.1 Å². The lowest BCUT2D eigenvalue weighted by atomic mass is 10.1. The number of aliphatic hydroxyl groups excluding tert-OH is 1. The second kappa shape index (κ2) is 10.8. The number of aliphatic hydroxyl groups is 1. The molecule has 0 radical (unpaired) electrons. The first kappa shape index (κ1) is 22.6. The highest BCUT2D eigenvalue weighted by Crippen LogP contribution is 2.34. The van der Waals surface area contributed by atoms with Crippen molar-refractivity contribution in [3.8, 4) is 5.75 Å². The topological polar surface area (TPSA) is 94.5 Å². The van der Waals surface area contributed by atoms with Gasteiger partial charge >= 0.3 is 0 Å². The molecule has 1 aromatic rings. The summed E-state index contributed by atoms with van der Waals surface area (Å²) in [5.41, 5.74) is 1.87. The van der Waals surface area contributed by atoms with E-state index in [1.165, 1.54) is 12.8 Å². The second-order valence-electron chi connectivity index (χ2n) is 8.86. The molecule has 2 fully saturated rings. The molecule has 0 bridgehead atoms. The van der Waals surface area contributed by atoms with Crippen LogP contribution in [0.2, 0.25) is 0 Å². The number of hydrogen-bond donors (Lipinski definition) is 2. The Morgan fingerprint density at radius 2 is 2.00 bits per heavy atom. The minimum Gasteiger partial charge on any atom is -0.493 e. The number of ether oxygens (including phenoxy) is 1.